The van der Waals surface area contributed by atoms with E-state index in [1.807, 2.05) is 49.4 Å². The third-order valence-electron chi connectivity index (χ3n) is 5.11. The zero-order valence-corrected chi connectivity index (χ0v) is 20.6. The van der Waals surface area contributed by atoms with E-state index < -0.39 is 0 Å². The van der Waals surface area contributed by atoms with Crippen LogP contribution in [0.4, 0.5) is 16.5 Å². The second kappa shape index (κ2) is 10.7. The fourth-order valence-electron chi connectivity index (χ4n) is 3.58. The molecular formula is C23H24N6O3S2. The average molecular weight is 497 g/mol. The molecular weight excluding hydrogens is 472 g/mol. The fraction of sp³-hybridized carbons (Fsp3) is 0.261. The predicted octanol–water partition coefficient (Wildman–Crippen LogP) is 4.36. The number of nitrogens with one attached hydrogen (secondary N) is 1. The van der Waals surface area contributed by atoms with Crippen LogP contribution in [0.25, 0.3) is 0 Å². The first-order valence-corrected chi connectivity index (χ1v) is 12.3. The van der Waals surface area contributed by atoms with Crippen LogP contribution in [-0.2, 0) is 4.79 Å². The molecule has 0 saturated heterocycles. The molecule has 1 amide bonds. The summed E-state index contributed by atoms with van der Waals surface area (Å²) in [6.45, 7) is 2.04. The predicted molar refractivity (Wildman–Crippen MR) is 136 cm³/mol. The number of para-hydroxylation sites is 2. The molecule has 176 valence electrons. The molecule has 0 unspecified atom stereocenters. The quantitative estimate of drug-likeness (QED) is 0.466. The van der Waals surface area contributed by atoms with Crippen LogP contribution in [-0.4, -0.2) is 47.6 Å². The first-order chi connectivity index (χ1) is 16.5. The molecule has 0 fully saturated rings. The van der Waals surface area contributed by atoms with Gasteiger partial charge >= 0.3 is 0 Å². The SMILES string of the molecule is CCC1=Nc2ccccc2N=C(NC(=O)CSc2nnc(N)s2)[C@H]1c1ccc(OC)c(OC)c1. The number of rotatable bonds is 7. The highest BCUT2D eigenvalue weighted by molar-refractivity contribution is 8.01. The summed E-state index contributed by atoms with van der Waals surface area (Å²) in [5, 5.41) is 11.1. The molecule has 11 heteroatoms. The lowest BCUT2D eigenvalue weighted by Crippen LogP contribution is -2.38. The number of thioether (sulfide) groups is 1. The summed E-state index contributed by atoms with van der Waals surface area (Å²) in [7, 11) is 3.18. The molecule has 0 radical (unpaired) electrons. The van der Waals surface area contributed by atoms with Crippen molar-refractivity contribution >= 4 is 57.1 Å². The van der Waals surface area contributed by atoms with Gasteiger partial charge < -0.3 is 20.5 Å². The molecule has 2 aromatic carbocycles. The number of aliphatic imine (C=N–C) groups is 2. The molecule has 0 saturated carbocycles. The maximum atomic E-state index is 12.9. The van der Waals surface area contributed by atoms with Gasteiger partial charge in [0.1, 0.15) is 5.84 Å². The van der Waals surface area contributed by atoms with Crippen molar-refractivity contribution in [2.75, 3.05) is 25.7 Å². The summed E-state index contributed by atoms with van der Waals surface area (Å²) in [5.74, 6) is 1.27. The number of fused-ring (bicyclic) bond motifs is 1. The second-order valence-corrected chi connectivity index (χ2v) is 9.46. The van der Waals surface area contributed by atoms with Crippen LogP contribution in [0.5, 0.6) is 11.5 Å². The number of hydrogen-bond acceptors (Lipinski definition) is 10. The number of methoxy groups -OCH3 is 2. The second-order valence-electron chi connectivity index (χ2n) is 7.23. The Morgan fingerprint density at radius 2 is 1.82 bits per heavy atom. The van der Waals surface area contributed by atoms with Crippen molar-refractivity contribution in [3.05, 3.63) is 48.0 Å². The lowest BCUT2D eigenvalue weighted by molar-refractivity contribution is -0.117. The van der Waals surface area contributed by atoms with Crippen molar-refractivity contribution in [2.45, 2.75) is 23.6 Å². The minimum absolute atomic E-state index is 0.145. The summed E-state index contributed by atoms with van der Waals surface area (Å²) in [6.07, 6.45) is 0.668. The van der Waals surface area contributed by atoms with Gasteiger partial charge in [0.25, 0.3) is 0 Å². The molecule has 3 N–H and O–H groups in total. The van der Waals surface area contributed by atoms with Crippen molar-refractivity contribution in [3.63, 3.8) is 0 Å². The van der Waals surface area contributed by atoms with Gasteiger partial charge in [-0.05, 0) is 36.2 Å². The molecule has 34 heavy (non-hydrogen) atoms. The number of nitrogens with two attached hydrogens (primary N) is 1. The molecule has 3 aromatic rings. The first-order valence-electron chi connectivity index (χ1n) is 10.5. The molecule has 0 spiro atoms. The van der Waals surface area contributed by atoms with E-state index in [1.54, 1.807) is 14.2 Å². The number of anilines is 1. The lowest BCUT2D eigenvalue weighted by Gasteiger charge is -2.22. The summed E-state index contributed by atoms with van der Waals surface area (Å²) in [5.41, 5.74) is 8.84. The normalized spacial score (nSPS) is 15.0. The number of hydrogen-bond donors (Lipinski definition) is 2. The van der Waals surface area contributed by atoms with Crippen LogP contribution in [0.3, 0.4) is 0 Å². The van der Waals surface area contributed by atoms with Crippen molar-refractivity contribution < 1.29 is 14.3 Å². The molecule has 1 aliphatic heterocycles. The van der Waals surface area contributed by atoms with Crippen LogP contribution in [0, 0.1) is 0 Å². The van der Waals surface area contributed by atoms with Gasteiger partial charge in [-0.25, -0.2) is 4.99 Å². The number of aromatic nitrogens is 2. The van der Waals surface area contributed by atoms with Gasteiger partial charge in [0.15, 0.2) is 15.8 Å². The van der Waals surface area contributed by atoms with Crippen LogP contribution in [0.2, 0.25) is 0 Å². The van der Waals surface area contributed by atoms with E-state index in [0.717, 1.165) is 17.0 Å². The number of amides is 1. The zero-order chi connectivity index (χ0) is 24.1. The fourth-order valence-corrected chi connectivity index (χ4v) is 5.01. The van der Waals surface area contributed by atoms with Crippen molar-refractivity contribution in [1.29, 1.82) is 0 Å². The Kier molecular flexibility index (Phi) is 7.43. The smallest absolute Gasteiger partial charge is 0.235 e. The van der Waals surface area contributed by atoms with Gasteiger partial charge in [0.05, 0.1) is 37.3 Å². The summed E-state index contributed by atoms with van der Waals surface area (Å²) in [4.78, 5) is 22.7. The van der Waals surface area contributed by atoms with Crippen LogP contribution in [0.1, 0.15) is 24.8 Å². The lowest BCUT2D eigenvalue weighted by atomic mass is 9.90. The topological polar surface area (TPSA) is 124 Å². The highest BCUT2D eigenvalue weighted by Gasteiger charge is 2.29. The molecule has 1 aromatic heterocycles. The highest BCUT2D eigenvalue weighted by Crippen LogP contribution is 2.37. The summed E-state index contributed by atoms with van der Waals surface area (Å²) >= 11 is 2.52. The molecule has 1 atom stereocenters. The largest absolute Gasteiger partial charge is 0.493 e. The molecule has 0 bridgehead atoms. The average Bonchev–Trinajstić information content (AvgIpc) is 3.20. The number of ether oxygens (including phenoxy) is 2. The van der Waals surface area contributed by atoms with Crippen molar-refractivity contribution in [3.8, 4) is 11.5 Å². The standard InChI is InChI=1S/C23H24N6O3S2/c1-4-14-20(13-9-10-17(31-2)18(11-13)32-3)21(26-16-8-6-5-7-15(16)25-14)27-19(30)12-33-23-29-28-22(24)34-23/h5-11,20H,4,12H2,1-3H3,(H2,24,28)(H,26,27,30)/t20-/m0/s1. The molecule has 1 aliphatic rings. The zero-order valence-electron chi connectivity index (χ0n) is 18.9. The Labute approximate surface area is 205 Å². The number of carbonyl (C=O) groups excluding carboxylic acids is 1. The maximum Gasteiger partial charge on any atom is 0.235 e. The number of benzene rings is 2. The number of nitrogens with zero attached hydrogens (tertiary/aromatic N) is 4. The minimum atomic E-state index is -0.372. The van der Waals surface area contributed by atoms with E-state index in [-0.39, 0.29) is 17.6 Å². The first kappa shape index (κ1) is 23.7. The number of nitrogen functional groups attached to an aromatic ring is 1. The van der Waals surface area contributed by atoms with Gasteiger partial charge in [-0.1, -0.05) is 48.2 Å². The molecule has 9 nitrogen and oxygen atoms in total. The van der Waals surface area contributed by atoms with Gasteiger partial charge in [0.2, 0.25) is 11.0 Å². The van der Waals surface area contributed by atoms with E-state index in [2.05, 4.69) is 15.5 Å². The summed E-state index contributed by atoms with van der Waals surface area (Å²) < 4.78 is 11.5. The van der Waals surface area contributed by atoms with Crippen molar-refractivity contribution in [2.24, 2.45) is 9.98 Å². The van der Waals surface area contributed by atoms with E-state index in [4.69, 9.17) is 25.2 Å². The Morgan fingerprint density at radius 3 is 2.47 bits per heavy atom. The van der Waals surface area contributed by atoms with E-state index >= 15 is 0 Å². The third-order valence-corrected chi connectivity index (χ3v) is 7.00. The highest BCUT2D eigenvalue weighted by atomic mass is 32.2. The van der Waals surface area contributed by atoms with Crippen LogP contribution >= 0.6 is 23.1 Å². The maximum absolute atomic E-state index is 12.9. The van der Waals surface area contributed by atoms with Crippen LogP contribution < -0.4 is 20.5 Å². The molecule has 2 heterocycles. The Morgan fingerprint density at radius 1 is 1.09 bits per heavy atom. The van der Waals surface area contributed by atoms with Crippen molar-refractivity contribution in [1.82, 2.24) is 15.5 Å². The third kappa shape index (κ3) is 5.20. The molecule has 0 aliphatic carbocycles. The van der Waals surface area contributed by atoms with Gasteiger partial charge in [-0.2, -0.15) is 0 Å². The summed E-state index contributed by atoms with van der Waals surface area (Å²) in [6, 6.07) is 13.3. The minimum Gasteiger partial charge on any atom is -0.493 e. The van der Waals surface area contributed by atoms with Gasteiger partial charge in [-0.15, -0.1) is 10.2 Å². The van der Waals surface area contributed by atoms with E-state index in [0.29, 0.717) is 38.9 Å². The van der Waals surface area contributed by atoms with Gasteiger partial charge in [-0.3, -0.25) is 9.79 Å². The Balaban J connectivity index is 1.71. The Bertz CT molecular complexity index is 1260. The van der Waals surface area contributed by atoms with E-state index in [9.17, 15) is 4.79 Å². The molecule has 4 rings (SSSR count). The Hall–Kier alpha value is -3.44. The number of carbonyl (C=O) groups is 1. The monoisotopic (exact) mass is 496 g/mol. The van der Waals surface area contributed by atoms with Gasteiger partial charge in [0, 0.05) is 5.71 Å². The number of amidine groups is 1. The van der Waals surface area contributed by atoms with E-state index in [1.165, 1.54) is 23.1 Å². The van der Waals surface area contributed by atoms with Crippen LogP contribution in [0.15, 0.2) is 56.8 Å².